The third kappa shape index (κ3) is 1.71. The number of hydrogen-bond acceptors (Lipinski definition) is 3. The van der Waals surface area contributed by atoms with Crippen LogP contribution in [0.15, 0.2) is 42.7 Å². The maximum absolute atomic E-state index is 6.02. The molecule has 3 rings (SSSR count). The number of benzene rings is 1. The zero-order valence-corrected chi connectivity index (χ0v) is 10.4. The smallest absolute Gasteiger partial charge is 0.155 e. The minimum absolute atomic E-state index is 0.590. The lowest BCUT2D eigenvalue weighted by atomic mass is 10.1. The third-order valence-electron chi connectivity index (χ3n) is 2.75. The van der Waals surface area contributed by atoms with Crippen molar-refractivity contribution in [1.82, 2.24) is 14.6 Å². The van der Waals surface area contributed by atoms with E-state index in [1.54, 1.807) is 11.6 Å². The summed E-state index contributed by atoms with van der Waals surface area (Å²) in [4.78, 5) is 4.16. The van der Waals surface area contributed by atoms with Gasteiger partial charge in [0.2, 0.25) is 0 Å². The Kier molecular flexibility index (Phi) is 2.64. The minimum Gasteiger partial charge on any atom is -0.495 e. The van der Waals surface area contributed by atoms with Gasteiger partial charge in [-0.05, 0) is 24.3 Å². The van der Waals surface area contributed by atoms with Gasteiger partial charge in [-0.1, -0.05) is 23.7 Å². The van der Waals surface area contributed by atoms with Crippen molar-refractivity contribution in [3.63, 3.8) is 0 Å². The fourth-order valence-corrected chi connectivity index (χ4v) is 2.08. The van der Waals surface area contributed by atoms with Crippen LogP contribution in [0.4, 0.5) is 0 Å². The highest BCUT2D eigenvalue weighted by molar-refractivity contribution is 6.32. The topological polar surface area (TPSA) is 39.4 Å². The molecule has 0 spiro atoms. The molecule has 0 saturated carbocycles. The Labute approximate surface area is 109 Å². The van der Waals surface area contributed by atoms with E-state index in [1.165, 1.54) is 6.33 Å². The second kappa shape index (κ2) is 4.31. The summed E-state index contributed by atoms with van der Waals surface area (Å²) < 4.78 is 7.00. The Hall–Kier alpha value is -2.07. The van der Waals surface area contributed by atoms with Gasteiger partial charge in [0.15, 0.2) is 5.65 Å². The zero-order chi connectivity index (χ0) is 12.5. The van der Waals surface area contributed by atoms with Gasteiger partial charge in [-0.15, -0.1) is 0 Å². The van der Waals surface area contributed by atoms with E-state index in [9.17, 15) is 0 Å². The van der Waals surface area contributed by atoms with Crippen molar-refractivity contribution in [2.75, 3.05) is 7.11 Å². The van der Waals surface area contributed by atoms with Crippen LogP contribution in [0.3, 0.4) is 0 Å². The van der Waals surface area contributed by atoms with Crippen LogP contribution >= 0.6 is 11.6 Å². The fraction of sp³-hybridized carbons (Fsp3) is 0.0769. The number of nitrogens with zero attached hydrogens (tertiary/aromatic N) is 3. The van der Waals surface area contributed by atoms with Crippen LogP contribution in [0.25, 0.3) is 16.9 Å². The lowest BCUT2D eigenvalue weighted by Gasteiger charge is -2.07. The Morgan fingerprint density at radius 1 is 1.22 bits per heavy atom. The van der Waals surface area contributed by atoms with E-state index < -0.39 is 0 Å². The number of rotatable bonds is 2. The van der Waals surface area contributed by atoms with Crippen molar-refractivity contribution < 1.29 is 4.74 Å². The zero-order valence-electron chi connectivity index (χ0n) is 9.67. The molecule has 0 unspecified atom stereocenters. The molecular formula is C13H10ClN3O. The molecule has 1 aromatic carbocycles. The summed E-state index contributed by atoms with van der Waals surface area (Å²) in [6, 6.07) is 11.5. The van der Waals surface area contributed by atoms with Crippen LogP contribution < -0.4 is 4.74 Å². The number of aromatic nitrogens is 3. The molecule has 0 amide bonds. The molecule has 0 aliphatic rings. The van der Waals surface area contributed by atoms with Gasteiger partial charge in [0.25, 0.3) is 0 Å². The van der Waals surface area contributed by atoms with E-state index in [2.05, 4.69) is 10.1 Å². The van der Waals surface area contributed by atoms with E-state index >= 15 is 0 Å². The summed E-state index contributed by atoms with van der Waals surface area (Å²) in [5, 5.41) is 4.79. The lowest BCUT2D eigenvalue weighted by Crippen LogP contribution is -1.94. The average molecular weight is 260 g/mol. The van der Waals surface area contributed by atoms with Crippen LogP contribution in [0.5, 0.6) is 5.75 Å². The number of hydrogen-bond donors (Lipinski definition) is 0. The van der Waals surface area contributed by atoms with Crippen LogP contribution in [0, 0.1) is 0 Å². The number of methoxy groups -OCH3 is 1. The van der Waals surface area contributed by atoms with Crippen molar-refractivity contribution in [3.05, 3.63) is 47.7 Å². The molecule has 2 aromatic heterocycles. The van der Waals surface area contributed by atoms with Gasteiger partial charge in [-0.2, -0.15) is 5.10 Å². The molecule has 4 nitrogen and oxygen atoms in total. The first-order chi connectivity index (χ1) is 8.79. The predicted octanol–water partition coefficient (Wildman–Crippen LogP) is 3.06. The Balaban J connectivity index is 2.23. The monoisotopic (exact) mass is 259 g/mol. The number of pyridine rings is 1. The molecule has 0 saturated heterocycles. The van der Waals surface area contributed by atoms with Crippen molar-refractivity contribution in [1.29, 1.82) is 0 Å². The molecule has 0 N–H and O–H groups in total. The lowest BCUT2D eigenvalue weighted by molar-refractivity contribution is 0.415. The Morgan fingerprint density at radius 3 is 2.94 bits per heavy atom. The first kappa shape index (κ1) is 11.0. The molecule has 90 valence electrons. The summed E-state index contributed by atoms with van der Waals surface area (Å²) in [6.45, 7) is 0. The van der Waals surface area contributed by atoms with E-state index in [1.807, 2.05) is 36.4 Å². The van der Waals surface area contributed by atoms with Crippen molar-refractivity contribution in [2.45, 2.75) is 0 Å². The van der Waals surface area contributed by atoms with E-state index in [4.69, 9.17) is 16.3 Å². The second-order valence-electron chi connectivity index (χ2n) is 3.79. The van der Waals surface area contributed by atoms with Crippen LogP contribution in [-0.2, 0) is 0 Å². The predicted molar refractivity (Wildman–Crippen MR) is 70.0 cm³/mol. The molecule has 0 aliphatic heterocycles. The van der Waals surface area contributed by atoms with Gasteiger partial charge < -0.3 is 4.74 Å². The maximum Gasteiger partial charge on any atom is 0.155 e. The number of ether oxygens (including phenoxy) is 1. The molecule has 0 bridgehead atoms. The van der Waals surface area contributed by atoms with Gasteiger partial charge in [-0.3, -0.25) is 0 Å². The van der Waals surface area contributed by atoms with Crippen molar-refractivity contribution in [2.24, 2.45) is 0 Å². The summed E-state index contributed by atoms with van der Waals surface area (Å²) >= 11 is 6.02. The summed E-state index contributed by atoms with van der Waals surface area (Å²) in [7, 11) is 1.60. The van der Waals surface area contributed by atoms with Crippen molar-refractivity contribution >= 4 is 17.2 Å². The van der Waals surface area contributed by atoms with Crippen LogP contribution in [-0.4, -0.2) is 21.7 Å². The fourth-order valence-electron chi connectivity index (χ4n) is 1.88. The van der Waals surface area contributed by atoms with Gasteiger partial charge in [-0.25, -0.2) is 9.50 Å². The summed E-state index contributed by atoms with van der Waals surface area (Å²) in [6.07, 6.45) is 1.53. The standard InChI is InChI=1S/C13H10ClN3O/c1-18-12-7-9(5-6-10(12)14)11-3-2-4-13-15-8-16-17(11)13/h2-8H,1H3. The minimum atomic E-state index is 0.590. The summed E-state index contributed by atoms with van der Waals surface area (Å²) in [5.74, 6) is 0.645. The molecule has 0 atom stereocenters. The first-order valence-corrected chi connectivity index (χ1v) is 5.80. The number of fused-ring (bicyclic) bond motifs is 1. The molecule has 0 aliphatic carbocycles. The maximum atomic E-state index is 6.02. The molecule has 5 heteroatoms. The molecule has 3 aromatic rings. The van der Waals surface area contributed by atoms with Gasteiger partial charge >= 0.3 is 0 Å². The third-order valence-corrected chi connectivity index (χ3v) is 3.06. The highest BCUT2D eigenvalue weighted by Crippen LogP contribution is 2.30. The van der Waals surface area contributed by atoms with Crippen LogP contribution in [0.2, 0.25) is 5.02 Å². The van der Waals surface area contributed by atoms with Crippen molar-refractivity contribution in [3.8, 4) is 17.0 Å². The van der Waals surface area contributed by atoms with Gasteiger partial charge in [0.1, 0.15) is 12.1 Å². The van der Waals surface area contributed by atoms with Gasteiger partial charge in [0.05, 0.1) is 17.8 Å². The SMILES string of the molecule is COc1cc(-c2cccc3ncnn23)ccc1Cl. The Bertz CT molecular complexity index is 708. The summed E-state index contributed by atoms with van der Waals surface area (Å²) in [5.41, 5.74) is 2.73. The molecular weight excluding hydrogens is 250 g/mol. The molecule has 2 heterocycles. The van der Waals surface area contributed by atoms with E-state index in [0.29, 0.717) is 10.8 Å². The van der Waals surface area contributed by atoms with Gasteiger partial charge in [0, 0.05) is 5.56 Å². The first-order valence-electron chi connectivity index (χ1n) is 5.42. The Morgan fingerprint density at radius 2 is 2.11 bits per heavy atom. The largest absolute Gasteiger partial charge is 0.495 e. The quantitative estimate of drug-likeness (QED) is 0.710. The normalized spacial score (nSPS) is 10.8. The van der Waals surface area contributed by atoms with E-state index in [-0.39, 0.29) is 0 Å². The molecule has 0 radical (unpaired) electrons. The van der Waals surface area contributed by atoms with Crippen LogP contribution in [0.1, 0.15) is 0 Å². The molecule has 0 fully saturated rings. The average Bonchev–Trinajstić information content (AvgIpc) is 2.87. The number of halogens is 1. The second-order valence-corrected chi connectivity index (χ2v) is 4.20. The highest BCUT2D eigenvalue weighted by atomic mass is 35.5. The highest BCUT2D eigenvalue weighted by Gasteiger charge is 2.08. The molecule has 18 heavy (non-hydrogen) atoms. The van der Waals surface area contributed by atoms with E-state index in [0.717, 1.165) is 16.9 Å².